The summed E-state index contributed by atoms with van der Waals surface area (Å²) in [7, 11) is -2.70. The number of carbonyl (C=O) groups is 1. The minimum Gasteiger partial charge on any atom is -0.447 e. The van der Waals surface area contributed by atoms with Crippen LogP contribution in [0.5, 0.6) is 0 Å². The zero-order valence-corrected chi connectivity index (χ0v) is 20.6. The molecule has 2 heterocycles. The average molecular weight is 429 g/mol. The van der Waals surface area contributed by atoms with E-state index in [4.69, 9.17) is 14.0 Å². The van der Waals surface area contributed by atoms with E-state index in [1.54, 1.807) is 0 Å². The molecule has 164 valence electrons. The zero-order valence-electron chi connectivity index (χ0n) is 19.6. The van der Waals surface area contributed by atoms with Crippen LogP contribution in [0.3, 0.4) is 0 Å². The van der Waals surface area contributed by atoms with Crippen molar-refractivity contribution in [3.05, 3.63) is 41.1 Å². The molecule has 1 aromatic carbocycles. The van der Waals surface area contributed by atoms with Crippen LogP contribution in [0.4, 0.5) is 4.79 Å². The molecule has 0 unspecified atom stereocenters. The third kappa shape index (κ3) is 4.25. The molecule has 2 fully saturated rings. The number of hydrogen-bond donors (Lipinski definition) is 0. The quantitative estimate of drug-likeness (QED) is 0.591. The largest absolute Gasteiger partial charge is 0.491 e. The van der Waals surface area contributed by atoms with E-state index in [0.29, 0.717) is 13.2 Å². The van der Waals surface area contributed by atoms with Crippen molar-refractivity contribution in [2.45, 2.75) is 78.2 Å². The number of hydrogen-bond acceptors (Lipinski definition) is 4. The summed E-state index contributed by atoms with van der Waals surface area (Å²) >= 11 is 0. The van der Waals surface area contributed by atoms with Gasteiger partial charge in [0.15, 0.2) is 0 Å². The van der Waals surface area contributed by atoms with Gasteiger partial charge in [0.25, 0.3) is 0 Å². The van der Waals surface area contributed by atoms with Gasteiger partial charge in [-0.3, -0.25) is 4.90 Å². The van der Waals surface area contributed by atoms with E-state index in [1.165, 1.54) is 5.19 Å². The molecule has 2 aliphatic heterocycles. The Bertz CT molecular complexity index is 791. The third-order valence-electron chi connectivity index (χ3n) is 6.76. The highest BCUT2D eigenvalue weighted by Gasteiger charge is 2.54. The number of benzene rings is 1. The Morgan fingerprint density at radius 1 is 1.10 bits per heavy atom. The summed E-state index contributed by atoms with van der Waals surface area (Å²) in [6, 6.07) is 10.5. The van der Waals surface area contributed by atoms with Crippen molar-refractivity contribution in [3.8, 4) is 0 Å². The molecular formula is C23H36BNO4Si. The van der Waals surface area contributed by atoms with Gasteiger partial charge in [-0.25, -0.2) is 4.79 Å². The number of cyclic esters (lactones) is 1. The van der Waals surface area contributed by atoms with Crippen molar-refractivity contribution >= 4 is 26.5 Å². The summed E-state index contributed by atoms with van der Waals surface area (Å²) < 4.78 is 18.4. The van der Waals surface area contributed by atoms with Gasteiger partial charge in [-0.05, 0) is 39.6 Å². The van der Waals surface area contributed by atoms with E-state index < -0.39 is 26.4 Å². The molecule has 0 radical (unpaired) electrons. The molecule has 1 amide bonds. The molecule has 30 heavy (non-hydrogen) atoms. The first-order chi connectivity index (χ1) is 14.0. The highest BCUT2D eigenvalue weighted by Crippen LogP contribution is 2.41. The first-order valence-corrected chi connectivity index (χ1v) is 14.1. The van der Waals surface area contributed by atoms with Gasteiger partial charge < -0.3 is 14.0 Å². The Hall–Kier alpha value is -1.57. The predicted octanol–water partition coefficient (Wildman–Crippen LogP) is 4.67. The number of amides is 1. The second-order valence-electron chi connectivity index (χ2n) is 9.82. The predicted molar refractivity (Wildman–Crippen MR) is 124 cm³/mol. The molecule has 5 nitrogen and oxygen atoms in total. The SMILES string of the molecule is CCCC/C(B1OC(C)(C)C(C)(C)O1)=C(\N1CCOC1=O)[Si](C)(C)c1ccccc1. The van der Waals surface area contributed by atoms with E-state index >= 15 is 0 Å². The van der Waals surface area contributed by atoms with Crippen LogP contribution in [0.1, 0.15) is 53.9 Å². The maximum Gasteiger partial charge on any atom is 0.491 e. The lowest BCUT2D eigenvalue weighted by atomic mass is 9.75. The van der Waals surface area contributed by atoms with Crippen molar-refractivity contribution in [1.29, 1.82) is 0 Å². The van der Waals surface area contributed by atoms with Gasteiger partial charge in [0.05, 0.1) is 17.7 Å². The van der Waals surface area contributed by atoms with Gasteiger partial charge in [0, 0.05) is 5.32 Å². The number of carbonyl (C=O) groups excluding carboxylic acids is 1. The lowest BCUT2D eigenvalue weighted by molar-refractivity contribution is 0.00578. The van der Waals surface area contributed by atoms with Crippen LogP contribution in [0.15, 0.2) is 41.1 Å². The van der Waals surface area contributed by atoms with Crippen molar-refractivity contribution in [3.63, 3.8) is 0 Å². The first kappa shape index (κ1) is 23.1. The molecule has 1 aromatic rings. The normalized spacial score (nSPS) is 21.6. The molecular weight excluding hydrogens is 393 g/mol. The molecule has 0 saturated carbocycles. The van der Waals surface area contributed by atoms with Crippen molar-refractivity contribution < 1.29 is 18.8 Å². The van der Waals surface area contributed by atoms with Crippen molar-refractivity contribution in [1.82, 2.24) is 4.90 Å². The summed E-state index contributed by atoms with van der Waals surface area (Å²) in [6.45, 7) is 16.1. The molecule has 0 spiro atoms. The van der Waals surface area contributed by atoms with Gasteiger partial charge in [-0.15, -0.1) is 0 Å². The fraction of sp³-hybridized carbons (Fsp3) is 0.609. The Morgan fingerprint density at radius 2 is 1.70 bits per heavy atom. The van der Waals surface area contributed by atoms with Crippen molar-refractivity contribution in [2.75, 3.05) is 13.2 Å². The lowest BCUT2D eigenvalue weighted by Crippen LogP contribution is -2.52. The van der Waals surface area contributed by atoms with Gasteiger partial charge >= 0.3 is 13.2 Å². The minimum absolute atomic E-state index is 0.257. The number of rotatable bonds is 7. The topological polar surface area (TPSA) is 48.0 Å². The van der Waals surface area contributed by atoms with Gasteiger partial charge in [-0.2, -0.15) is 0 Å². The minimum atomic E-state index is -2.24. The van der Waals surface area contributed by atoms with E-state index in [-0.39, 0.29) is 6.09 Å². The Balaban J connectivity index is 2.18. The molecule has 0 aliphatic carbocycles. The summed E-state index contributed by atoms with van der Waals surface area (Å²) in [5, 5.41) is 2.37. The summed E-state index contributed by atoms with van der Waals surface area (Å²) in [5.41, 5.74) is 0.254. The van der Waals surface area contributed by atoms with Crippen LogP contribution in [-0.2, 0) is 14.0 Å². The molecule has 0 atom stereocenters. The Kier molecular flexibility index (Phi) is 6.56. The van der Waals surface area contributed by atoms with Gasteiger partial charge in [0.1, 0.15) is 14.7 Å². The maximum absolute atomic E-state index is 12.8. The number of unbranched alkanes of at least 4 members (excludes halogenated alkanes) is 1. The highest BCUT2D eigenvalue weighted by atomic mass is 28.3. The Labute approximate surface area is 182 Å². The molecule has 0 bridgehead atoms. The maximum atomic E-state index is 12.8. The van der Waals surface area contributed by atoms with E-state index in [2.05, 4.69) is 72.0 Å². The molecule has 7 heteroatoms. The highest BCUT2D eigenvalue weighted by molar-refractivity contribution is 6.96. The molecule has 0 aromatic heterocycles. The lowest BCUT2D eigenvalue weighted by Gasteiger charge is -2.35. The van der Waals surface area contributed by atoms with Crippen LogP contribution in [0, 0.1) is 0 Å². The van der Waals surface area contributed by atoms with E-state index in [0.717, 1.165) is 30.1 Å². The summed E-state index contributed by atoms with van der Waals surface area (Å²) in [5.74, 6) is 0. The summed E-state index contributed by atoms with van der Waals surface area (Å²) in [6.07, 6.45) is 2.67. The molecule has 2 aliphatic rings. The van der Waals surface area contributed by atoms with Crippen molar-refractivity contribution in [2.24, 2.45) is 0 Å². The second kappa shape index (κ2) is 8.52. The number of ether oxygens (including phenoxy) is 1. The van der Waals surface area contributed by atoms with Crippen LogP contribution in [-0.4, -0.2) is 50.5 Å². The summed E-state index contributed by atoms with van der Waals surface area (Å²) in [4.78, 5) is 14.6. The second-order valence-corrected chi connectivity index (χ2v) is 14.1. The molecule has 0 N–H and O–H groups in total. The fourth-order valence-electron chi connectivity index (χ4n) is 4.20. The van der Waals surface area contributed by atoms with Gasteiger partial charge in [0.2, 0.25) is 0 Å². The van der Waals surface area contributed by atoms with Crippen LogP contribution >= 0.6 is 0 Å². The standard InChI is InChI=1S/C23H36BNO4Si/c1-8-9-15-19(24-28-22(2,3)23(4,5)29-24)20(25-16-17-27-21(25)26)30(6,7)18-13-11-10-12-14-18/h10-14H,8-9,15-17H2,1-7H3/b20-19-. The third-order valence-corrected chi connectivity index (χ3v) is 10.3. The van der Waals surface area contributed by atoms with E-state index in [9.17, 15) is 4.79 Å². The number of nitrogens with zero attached hydrogens (tertiary/aromatic N) is 1. The fourth-order valence-corrected chi connectivity index (χ4v) is 7.42. The monoisotopic (exact) mass is 429 g/mol. The smallest absolute Gasteiger partial charge is 0.447 e. The van der Waals surface area contributed by atoms with Crippen LogP contribution < -0.4 is 5.19 Å². The molecule has 2 saturated heterocycles. The zero-order chi connectivity index (χ0) is 22.2. The van der Waals surface area contributed by atoms with Crippen LogP contribution in [0.2, 0.25) is 13.1 Å². The number of allylic oxidation sites excluding steroid dienone is 1. The van der Waals surface area contributed by atoms with Gasteiger partial charge in [-0.1, -0.05) is 68.4 Å². The Morgan fingerprint density at radius 3 is 2.20 bits per heavy atom. The first-order valence-electron chi connectivity index (χ1n) is 11.1. The van der Waals surface area contributed by atoms with E-state index in [1.807, 2.05) is 11.0 Å². The van der Waals surface area contributed by atoms with Crippen LogP contribution in [0.25, 0.3) is 0 Å². The average Bonchev–Trinajstić information content (AvgIpc) is 3.18. The molecule has 3 rings (SSSR count).